The smallest absolute Gasteiger partial charge is 0.307 e. The molecule has 0 unspecified atom stereocenters. The first-order valence-corrected chi connectivity index (χ1v) is 3.88. The van der Waals surface area contributed by atoms with Crippen molar-refractivity contribution in [3.63, 3.8) is 0 Å². The zero-order valence-electron chi connectivity index (χ0n) is 14.1. The molecule has 0 saturated carbocycles. The van der Waals surface area contributed by atoms with Gasteiger partial charge in [-0.25, -0.2) is 0 Å². The van der Waals surface area contributed by atoms with Crippen molar-refractivity contribution in [2.45, 2.75) is 6.42 Å². The van der Waals surface area contributed by atoms with Gasteiger partial charge >= 0.3 is 5.97 Å². The van der Waals surface area contributed by atoms with E-state index in [1.807, 2.05) is 0 Å². The number of fused-ring (bicyclic) bond motifs is 1. The first-order chi connectivity index (χ1) is 9.68. The number of rotatable bonds is 2. The SMILES string of the molecule is [2H]c1c([2H])c([2H])c2c(CC(=O)O)c([2H])c([2H])c([2H])c2c1[2H]. The van der Waals surface area contributed by atoms with Crippen LogP contribution in [0.2, 0.25) is 0 Å². The molecule has 2 heteroatoms. The summed E-state index contributed by atoms with van der Waals surface area (Å²) in [5, 5.41) is 8.52. The summed E-state index contributed by atoms with van der Waals surface area (Å²) in [6, 6.07) is -3.67. The molecule has 0 fully saturated rings. The summed E-state index contributed by atoms with van der Waals surface area (Å²) in [7, 11) is 0. The number of carboxylic acid groups (broad SMARTS) is 1. The van der Waals surface area contributed by atoms with E-state index in [9.17, 15) is 4.79 Å². The Morgan fingerprint density at radius 1 is 1.21 bits per heavy atom. The Bertz CT molecular complexity index is 777. The second-order valence-corrected chi connectivity index (χ2v) is 2.67. The number of carbonyl (C=O) groups is 1. The van der Waals surface area contributed by atoms with Crippen LogP contribution in [0.15, 0.2) is 42.3 Å². The fourth-order valence-electron chi connectivity index (χ4n) is 1.15. The molecule has 2 aromatic rings. The van der Waals surface area contributed by atoms with Crippen molar-refractivity contribution in [2.24, 2.45) is 0 Å². The van der Waals surface area contributed by atoms with Crippen LogP contribution in [0.4, 0.5) is 0 Å². The van der Waals surface area contributed by atoms with E-state index in [0.717, 1.165) is 0 Å². The summed E-state index contributed by atoms with van der Waals surface area (Å²) in [6.07, 6.45) is -0.649. The molecule has 0 spiro atoms. The third-order valence-electron chi connectivity index (χ3n) is 1.72. The Morgan fingerprint density at radius 3 is 2.71 bits per heavy atom. The lowest BCUT2D eigenvalue weighted by molar-refractivity contribution is -0.136. The van der Waals surface area contributed by atoms with Crippen LogP contribution in [0.1, 0.15) is 15.2 Å². The van der Waals surface area contributed by atoms with Gasteiger partial charge in [-0.3, -0.25) is 4.79 Å². The Morgan fingerprint density at radius 2 is 1.93 bits per heavy atom. The van der Waals surface area contributed by atoms with Crippen molar-refractivity contribution in [2.75, 3.05) is 0 Å². The molecule has 2 aromatic carbocycles. The molecule has 70 valence electrons. The lowest BCUT2D eigenvalue weighted by Gasteiger charge is -2.02. The molecular formula is C12H10O2. The molecule has 2 nitrogen and oxygen atoms in total. The molecule has 0 aliphatic heterocycles. The summed E-state index contributed by atoms with van der Waals surface area (Å²) >= 11 is 0. The average molecular weight is 193 g/mol. The molecule has 0 atom stereocenters. The highest BCUT2D eigenvalue weighted by Crippen LogP contribution is 2.18. The molecule has 2 rings (SSSR count). The summed E-state index contributed by atoms with van der Waals surface area (Å²) in [6.45, 7) is 0. The molecule has 0 aliphatic carbocycles. The first kappa shape index (κ1) is 3.73. The summed E-state index contributed by atoms with van der Waals surface area (Å²) in [5.74, 6) is -1.28. The number of aliphatic carboxylic acids is 1. The second-order valence-electron chi connectivity index (χ2n) is 2.67. The summed E-state index contributed by atoms with van der Waals surface area (Å²) < 4.78 is 54.2. The molecule has 0 radical (unpaired) electrons. The van der Waals surface area contributed by atoms with Gasteiger partial charge in [0.05, 0.1) is 16.0 Å². The number of benzene rings is 2. The zero-order valence-corrected chi connectivity index (χ0v) is 7.06. The molecule has 0 amide bonds. The zero-order chi connectivity index (χ0) is 16.1. The van der Waals surface area contributed by atoms with Gasteiger partial charge < -0.3 is 5.11 Å². The van der Waals surface area contributed by atoms with Crippen LogP contribution in [0.5, 0.6) is 0 Å². The maximum Gasteiger partial charge on any atom is 0.307 e. The van der Waals surface area contributed by atoms with Crippen LogP contribution in [-0.4, -0.2) is 11.1 Å². The van der Waals surface area contributed by atoms with E-state index in [1.54, 1.807) is 0 Å². The van der Waals surface area contributed by atoms with Crippen LogP contribution in [-0.2, 0) is 11.2 Å². The molecule has 0 aromatic heterocycles. The molecule has 1 N–H and O–H groups in total. The van der Waals surface area contributed by atoms with Gasteiger partial charge in [-0.2, -0.15) is 0 Å². The Balaban J connectivity index is 3.13. The summed E-state index contributed by atoms with van der Waals surface area (Å²) in [5.41, 5.74) is -0.175. The van der Waals surface area contributed by atoms with Gasteiger partial charge in [0.15, 0.2) is 0 Å². The van der Waals surface area contributed by atoms with Crippen LogP contribution in [0, 0.1) is 0 Å². The van der Waals surface area contributed by atoms with Gasteiger partial charge in [0.2, 0.25) is 0 Å². The lowest BCUT2D eigenvalue weighted by atomic mass is 10.0. The van der Waals surface area contributed by atoms with Crippen molar-refractivity contribution < 1.29 is 19.5 Å². The monoisotopic (exact) mass is 193 g/mol. The highest BCUT2D eigenvalue weighted by molar-refractivity contribution is 5.88. The van der Waals surface area contributed by atoms with Gasteiger partial charge in [0, 0.05) is 0 Å². The predicted molar refractivity (Wildman–Crippen MR) is 55.3 cm³/mol. The van der Waals surface area contributed by atoms with E-state index in [4.69, 9.17) is 14.7 Å². The minimum absolute atomic E-state index is 0.172. The second kappa shape index (κ2) is 3.50. The topological polar surface area (TPSA) is 37.3 Å². The van der Waals surface area contributed by atoms with Crippen LogP contribution in [0.3, 0.4) is 0 Å². The fraction of sp³-hybridized carbons (Fsp3) is 0.0833. The van der Waals surface area contributed by atoms with E-state index in [-0.39, 0.29) is 16.3 Å². The van der Waals surface area contributed by atoms with E-state index < -0.39 is 54.7 Å². The van der Waals surface area contributed by atoms with E-state index in [2.05, 4.69) is 0 Å². The standard InChI is InChI=1S/C12H10O2/c13-12(14)8-10-6-3-5-9-4-1-2-7-11(9)10/h1-7H,8H2,(H,13,14)/i1D,2D,3D,4D,5D,6D,7D. The Hall–Kier alpha value is -1.83. The third-order valence-corrected chi connectivity index (χ3v) is 1.72. The number of hydrogen-bond acceptors (Lipinski definition) is 1. The Kier molecular flexibility index (Phi) is 0.933. The highest BCUT2D eigenvalue weighted by atomic mass is 16.4. The third kappa shape index (κ3) is 1.59. The van der Waals surface area contributed by atoms with Gasteiger partial charge in [0.25, 0.3) is 0 Å². The fourth-order valence-corrected chi connectivity index (χ4v) is 1.15. The molecule has 0 bridgehead atoms. The van der Waals surface area contributed by atoms with Crippen molar-refractivity contribution in [1.82, 2.24) is 0 Å². The quantitative estimate of drug-likeness (QED) is 0.795. The van der Waals surface area contributed by atoms with E-state index in [0.29, 0.717) is 0 Å². The van der Waals surface area contributed by atoms with Gasteiger partial charge in [-0.1, -0.05) is 42.3 Å². The molecule has 0 heterocycles. The molecular weight excluding hydrogens is 176 g/mol. The van der Waals surface area contributed by atoms with Crippen molar-refractivity contribution in [3.05, 3.63) is 47.9 Å². The maximum atomic E-state index is 10.9. The molecule has 14 heavy (non-hydrogen) atoms. The Labute approximate surface area is 91.6 Å². The largest absolute Gasteiger partial charge is 0.481 e. The minimum Gasteiger partial charge on any atom is -0.481 e. The van der Waals surface area contributed by atoms with Gasteiger partial charge in [0.1, 0.15) is 0 Å². The predicted octanol–water partition coefficient (Wildman–Crippen LogP) is 2.47. The molecule has 0 aliphatic rings. The van der Waals surface area contributed by atoms with E-state index >= 15 is 0 Å². The van der Waals surface area contributed by atoms with Crippen molar-refractivity contribution in [1.29, 1.82) is 0 Å². The average Bonchev–Trinajstić information content (AvgIpc) is 2.42. The number of carboxylic acids is 1. The van der Waals surface area contributed by atoms with Crippen molar-refractivity contribution >= 4 is 16.7 Å². The van der Waals surface area contributed by atoms with Gasteiger partial charge in [-0.05, 0) is 16.3 Å². The molecule has 0 saturated heterocycles. The van der Waals surface area contributed by atoms with Gasteiger partial charge in [-0.15, -0.1) is 0 Å². The normalized spacial score (nSPS) is 17.3. The van der Waals surface area contributed by atoms with Crippen LogP contribution < -0.4 is 0 Å². The van der Waals surface area contributed by atoms with E-state index in [1.165, 1.54) is 0 Å². The lowest BCUT2D eigenvalue weighted by Crippen LogP contribution is -2.00. The maximum absolute atomic E-state index is 10.9. The minimum atomic E-state index is -1.28. The van der Waals surface area contributed by atoms with Crippen LogP contribution >= 0.6 is 0 Å². The first-order valence-electron chi connectivity index (χ1n) is 7.38. The number of hydrogen-bond donors (Lipinski definition) is 1. The van der Waals surface area contributed by atoms with Crippen LogP contribution in [0.25, 0.3) is 10.8 Å². The highest BCUT2D eigenvalue weighted by Gasteiger charge is 2.03. The van der Waals surface area contributed by atoms with Crippen molar-refractivity contribution in [3.8, 4) is 0 Å². The summed E-state index contributed by atoms with van der Waals surface area (Å²) in [4.78, 5) is 10.9.